The Balaban J connectivity index is 1.52. The fourth-order valence-corrected chi connectivity index (χ4v) is 3.83. The topological polar surface area (TPSA) is 72.7 Å². The van der Waals surface area contributed by atoms with Crippen LogP contribution in [0.15, 0.2) is 60.0 Å². The van der Waals surface area contributed by atoms with E-state index in [-0.39, 0.29) is 11.7 Å². The second-order valence-corrected chi connectivity index (χ2v) is 8.01. The van der Waals surface area contributed by atoms with Crippen molar-refractivity contribution in [3.05, 3.63) is 70.6 Å². The van der Waals surface area contributed by atoms with E-state index in [4.69, 9.17) is 23.2 Å². The van der Waals surface area contributed by atoms with Crippen LogP contribution in [0.3, 0.4) is 0 Å². The van der Waals surface area contributed by atoms with Crippen molar-refractivity contribution in [2.75, 3.05) is 11.1 Å². The van der Waals surface area contributed by atoms with Crippen molar-refractivity contribution >= 4 is 57.6 Å². The molecule has 0 saturated carbocycles. The summed E-state index contributed by atoms with van der Waals surface area (Å²) in [5, 5.41) is 10.0. The van der Waals surface area contributed by atoms with Gasteiger partial charge in [-0.1, -0.05) is 41.0 Å². The maximum absolute atomic E-state index is 12.4. The van der Waals surface area contributed by atoms with Gasteiger partial charge in [-0.2, -0.15) is 5.10 Å². The molecule has 146 valence electrons. The van der Waals surface area contributed by atoms with Gasteiger partial charge in [-0.3, -0.25) is 4.79 Å². The number of nitrogens with zero attached hydrogens (tertiary/aromatic N) is 4. The summed E-state index contributed by atoms with van der Waals surface area (Å²) in [7, 11) is 0. The smallest absolute Gasteiger partial charge is 0.234 e. The first kappa shape index (κ1) is 19.7. The number of benzene rings is 2. The van der Waals surface area contributed by atoms with Gasteiger partial charge in [0.2, 0.25) is 5.91 Å². The first-order valence-corrected chi connectivity index (χ1v) is 10.4. The molecule has 1 N–H and O–H groups in total. The number of halogens is 2. The van der Waals surface area contributed by atoms with E-state index in [1.807, 2.05) is 25.1 Å². The highest BCUT2D eigenvalue weighted by molar-refractivity contribution is 8.00. The monoisotopic (exact) mass is 443 g/mol. The second-order valence-electron chi connectivity index (χ2n) is 6.20. The third kappa shape index (κ3) is 4.22. The number of hydrogen-bond donors (Lipinski definition) is 1. The van der Waals surface area contributed by atoms with E-state index < -0.39 is 0 Å². The van der Waals surface area contributed by atoms with Gasteiger partial charge in [0.1, 0.15) is 11.4 Å². The summed E-state index contributed by atoms with van der Waals surface area (Å²) in [5.41, 5.74) is 3.04. The number of rotatable bonds is 5. The van der Waals surface area contributed by atoms with Crippen LogP contribution in [-0.2, 0) is 4.79 Å². The van der Waals surface area contributed by atoms with Crippen LogP contribution in [0.25, 0.3) is 16.7 Å². The molecule has 4 aromatic rings. The molecule has 0 bridgehead atoms. The van der Waals surface area contributed by atoms with Crippen LogP contribution in [0.5, 0.6) is 0 Å². The van der Waals surface area contributed by atoms with Gasteiger partial charge in [-0.25, -0.2) is 14.6 Å². The standard InChI is InChI=1S/C20H15Cl2N5OS/c1-12-16(22)3-2-4-17(12)26-18(28)10-29-20-15-9-25-27(19(15)23-11-24-20)14-7-5-13(21)6-8-14/h2-9,11H,10H2,1H3,(H,26,28). The number of thioether (sulfide) groups is 1. The maximum atomic E-state index is 12.4. The van der Waals surface area contributed by atoms with Crippen molar-refractivity contribution in [1.29, 1.82) is 0 Å². The molecule has 2 aromatic heterocycles. The molecule has 0 saturated heterocycles. The van der Waals surface area contributed by atoms with Crippen molar-refractivity contribution in [3.63, 3.8) is 0 Å². The molecule has 0 aliphatic rings. The number of amides is 1. The number of hydrogen-bond acceptors (Lipinski definition) is 5. The average molecular weight is 444 g/mol. The van der Waals surface area contributed by atoms with Crippen LogP contribution < -0.4 is 5.32 Å². The highest BCUT2D eigenvalue weighted by Gasteiger charge is 2.14. The van der Waals surface area contributed by atoms with Crippen LogP contribution in [0.1, 0.15) is 5.56 Å². The summed E-state index contributed by atoms with van der Waals surface area (Å²) < 4.78 is 1.72. The Morgan fingerprint density at radius 2 is 1.93 bits per heavy atom. The lowest BCUT2D eigenvalue weighted by molar-refractivity contribution is -0.113. The lowest BCUT2D eigenvalue weighted by atomic mass is 10.2. The van der Waals surface area contributed by atoms with Crippen molar-refractivity contribution in [2.24, 2.45) is 0 Å². The minimum absolute atomic E-state index is 0.141. The summed E-state index contributed by atoms with van der Waals surface area (Å²) in [6, 6.07) is 12.7. The molecule has 4 rings (SSSR count). The second kappa shape index (κ2) is 8.41. The quantitative estimate of drug-likeness (QED) is 0.340. The molecule has 0 unspecified atom stereocenters. The molecule has 29 heavy (non-hydrogen) atoms. The Labute approximate surface area is 181 Å². The Hall–Kier alpha value is -2.61. The number of carbonyl (C=O) groups is 1. The molecule has 0 atom stereocenters. The van der Waals surface area contributed by atoms with Gasteiger partial charge in [-0.15, -0.1) is 0 Å². The van der Waals surface area contributed by atoms with Crippen LogP contribution in [0, 0.1) is 6.92 Å². The molecule has 0 spiro atoms. The van der Waals surface area contributed by atoms with Gasteiger partial charge in [0.15, 0.2) is 5.65 Å². The van der Waals surface area contributed by atoms with E-state index in [1.54, 1.807) is 35.1 Å². The molecule has 0 aliphatic carbocycles. The van der Waals surface area contributed by atoms with E-state index in [9.17, 15) is 4.79 Å². The molecule has 1 amide bonds. The van der Waals surface area contributed by atoms with E-state index in [0.29, 0.717) is 26.4 Å². The molecule has 0 aliphatic heterocycles. The van der Waals surface area contributed by atoms with Crippen LogP contribution in [0.4, 0.5) is 5.69 Å². The van der Waals surface area contributed by atoms with Crippen molar-refractivity contribution in [3.8, 4) is 5.69 Å². The van der Waals surface area contributed by atoms with Gasteiger partial charge in [0.25, 0.3) is 0 Å². The summed E-state index contributed by atoms with van der Waals surface area (Å²) in [5.74, 6) is 0.0571. The Morgan fingerprint density at radius 1 is 1.14 bits per heavy atom. The predicted octanol–water partition coefficient (Wildman–Crippen LogP) is 5.16. The van der Waals surface area contributed by atoms with Gasteiger partial charge < -0.3 is 5.32 Å². The van der Waals surface area contributed by atoms with Crippen molar-refractivity contribution in [2.45, 2.75) is 11.9 Å². The van der Waals surface area contributed by atoms with Gasteiger partial charge in [-0.05, 0) is 48.9 Å². The predicted molar refractivity (Wildman–Crippen MR) is 117 cm³/mol. The lowest BCUT2D eigenvalue weighted by Crippen LogP contribution is -2.15. The maximum Gasteiger partial charge on any atom is 0.234 e. The van der Waals surface area contributed by atoms with Gasteiger partial charge >= 0.3 is 0 Å². The minimum Gasteiger partial charge on any atom is -0.325 e. The van der Waals surface area contributed by atoms with E-state index >= 15 is 0 Å². The molecular weight excluding hydrogens is 429 g/mol. The minimum atomic E-state index is -0.141. The first-order valence-electron chi connectivity index (χ1n) is 8.65. The average Bonchev–Trinajstić information content (AvgIpc) is 3.15. The van der Waals surface area contributed by atoms with E-state index in [2.05, 4.69) is 20.4 Å². The normalized spacial score (nSPS) is 11.0. The molecular formula is C20H15Cl2N5OS. The highest BCUT2D eigenvalue weighted by atomic mass is 35.5. The summed E-state index contributed by atoms with van der Waals surface area (Å²) in [6.45, 7) is 1.87. The first-order chi connectivity index (χ1) is 14.0. The van der Waals surface area contributed by atoms with Crippen LogP contribution >= 0.6 is 35.0 Å². The zero-order valence-electron chi connectivity index (χ0n) is 15.3. The summed E-state index contributed by atoms with van der Waals surface area (Å²) in [4.78, 5) is 21.1. The summed E-state index contributed by atoms with van der Waals surface area (Å²) in [6.07, 6.45) is 3.17. The molecule has 2 aromatic carbocycles. The highest BCUT2D eigenvalue weighted by Crippen LogP contribution is 2.27. The number of nitrogens with one attached hydrogen (secondary N) is 1. The molecule has 6 nitrogen and oxygen atoms in total. The lowest BCUT2D eigenvalue weighted by Gasteiger charge is -2.09. The summed E-state index contributed by atoms with van der Waals surface area (Å²) >= 11 is 13.4. The molecule has 2 heterocycles. The largest absolute Gasteiger partial charge is 0.325 e. The van der Waals surface area contributed by atoms with E-state index in [1.165, 1.54) is 18.1 Å². The third-order valence-corrected chi connectivity index (χ3v) is 5.95. The third-order valence-electron chi connectivity index (χ3n) is 4.28. The van der Waals surface area contributed by atoms with Crippen LogP contribution in [-0.4, -0.2) is 31.4 Å². The number of fused-ring (bicyclic) bond motifs is 1. The fraction of sp³-hybridized carbons (Fsp3) is 0.100. The zero-order chi connectivity index (χ0) is 20.4. The zero-order valence-corrected chi connectivity index (χ0v) is 17.6. The van der Waals surface area contributed by atoms with Gasteiger partial charge in [0, 0.05) is 15.7 Å². The van der Waals surface area contributed by atoms with Crippen LogP contribution in [0.2, 0.25) is 10.0 Å². The number of anilines is 1. The fourth-order valence-electron chi connectivity index (χ4n) is 2.77. The number of carbonyl (C=O) groups excluding carboxylic acids is 1. The molecule has 0 fully saturated rings. The molecule has 0 radical (unpaired) electrons. The Morgan fingerprint density at radius 3 is 2.72 bits per heavy atom. The Bertz CT molecular complexity index is 1190. The Kier molecular flexibility index (Phi) is 5.71. The van der Waals surface area contributed by atoms with E-state index in [0.717, 1.165) is 16.6 Å². The van der Waals surface area contributed by atoms with Crippen molar-refractivity contribution < 1.29 is 4.79 Å². The molecule has 9 heteroatoms. The number of aromatic nitrogens is 4. The van der Waals surface area contributed by atoms with Crippen molar-refractivity contribution in [1.82, 2.24) is 19.7 Å². The van der Waals surface area contributed by atoms with Gasteiger partial charge in [0.05, 0.1) is 23.0 Å². The SMILES string of the molecule is Cc1c(Cl)cccc1NC(=O)CSc1ncnc2c1cnn2-c1ccc(Cl)cc1.